The number of pyridine rings is 1. The second-order valence-electron chi connectivity index (χ2n) is 10.2. The lowest BCUT2D eigenvalue weighted by Crippen LogP contribution is -2.48. The second-order valence-corrected chi connectivity index (χ2v) is 10.2. The zero-order valence-corrected chi connectivity index (χ0v) is 23.8. The molecule has 5 aromatic rings. The summed E-state index contributed by atoms with van der Waals surface area (Å²) in [7, 11) is 0. The molecule has 0 saturated heterocycles. The van der Waals surface area contributed by atoms with E-state index < -0.39 is 53.2 Å². The van der Waals surface area contributed by atoms with Crippen LogP contribution in [0.5, 0.6) is 5.75 Å². The average Bonchev–Trinajstić information content (AvgIpc) is 3.55. The summed E-state index contributed by atoms with van der Waals surface area (Å²) in [5, 5.41) is 30.7. The van der Waals surface area contributed by atoms with Crippen molar-refractivity contribution in [1.82, 2.24) is 25.2 Å². The Labute approximate surface area is 262 Å². The normalized spacial score (nSPS) is 13.7. The standard InChI is InChI=1S/C32H22F7N5O3/c33-24-10-13-26(27(34)15-24)30(46,18-44-19-41-42-43-44)31(35,36)28-14-7-21(16-40-28)2-1-20-5-11-25(12-6-20)47-17-22-3-8-23(9-4-22)29(45)32(37,38)39/h3-16,19,29,45-46H,17-18H2. The van der Waals surface area contributed by atoms with E-state index in [4.69, 9.17) is 4.74 Å². The van der Waals surface area contributed by atoms with Crippen molar-refractivity contribution in [2.24, 2.45) is 0 Å². The molecule has 242 valence electrons. The van der Waals surface area contributed by atoms with Crippen LogP contribution in [0.4, 0.5) is 30.7 Å². The van der Waals surface area contributed by atoms with Gasteiger partial charge in [0.2, 0.25) is 0 Å². The van der Waals surface area contributed by atoms with Gasteiger partial charge in [-0.2, -0.15) is 22.0 Å². The van der Waals surface area contributed by atoms with Gasteiger partial charge in [-0.05, 0) is 70.1 Å². The Morgan fingerprint density at radius 1 is 0.851 bits per heavy atom. The van der Waals surface area contributed by atoms with Gasteiger partial charge < -0.3 is 14.9 Å². The fourth-order valence-corrected chi connectivity index (χ4v) is 4.46. The molecule has 0 amide bonds. The van der Waals surface area contributed by atoms with Crippen LogP contribution in [0.3, 0.4) is 0 Å². The summed E-state index contributed by atoms with van der Waals surface area (Å²) in [4.78, 5) is 3.77. The fourth-order valence-electron chi connectivity index (χ4n) is 4.46. The Morgan fingerprint density at radius 2 is 1.53 bits per heavy atom. The topological polar surface area (TPSA) is 106 Å². The smallest absolute Gasteiger partial charge is 0.418 e. The van der Waals surface area contributed by atoms with Crippen LogP contribution in [0.2, 0.25) is 0 Å². The Balaban J connectivity index is 1.27. The van der Waals surface area contributed by atoms with Crippen molar-refractivity contribution in [3.05, 3.63) is 137 Å². The highest BCUT2D eigenvalue weighted by atomic mass is 19.4. The third-order valence-electron chi connectivity index (χ3n) is 6.98. The number of aromatic nitrogens is 5. The predicted molar refractivity (Wildman–Crippen MR) is 150 cm³/mol. The van der Waals surface area contributed by atoms with Crippen LogP contribution in [0.15, 0.2) is 91.4 Å². The van der Waals surface area contributed by atoms with E-state index in [2.05, 4.69) is 32.4 Å². The van der Waals surface area contributed by atoms with E-state index in [9.17, 15) is 32.2 Å². The first-order chi connectivity index (χ1) is 22.3. The Morgan fingerprint density at radius 3 is 2.13 bits per heavy atom. The molecule has 2 aromatic heterocycles. The minimum Gasteiger partial charge on any atom is -0.489 e. The first-order valence-corrected chi connectivity index (χ1v) is 13.6. The summed E-state index contributed by atoms with van der Waals surface area (Å²) in [6, 6.07) is 15.6. The SMILES string of the molecule is OC(c1ccc(COc2ccc(C#Cc3ccc(C(F)(F)C(O)(Cn4cnnn4)c4ccc(F)cc4F)nc3)cc2)cc1)C(F)(F)F. The zero-order valence-electron chi connectivity index (χ0n) is 23.8. The number of aliphatic hydroxyl groups is 2. The van der Waals surface area contributed by atoms with Gasteiger partial charge in [-0.25, -0.2) is 13.5 Å². The molecule has 0 aliphatic heterocycles. The zero-order chi connectivity index (χ0) is 33.8. The maximum absolute atomic E-state index is 15.9. The molecule has 0 spiro atoms. The molecular weight excluding hydrogens is 635 g/mol. The second kappa shape index (κ2) is 13.2. The van der Waals surface area contributed by atoms with Gasteiger partial charge in [0.25, 0.3) is 0 Å². The monoisotopic (exact) mass is 657 g/mol. The number of alkyl halides is 5. The molecule has 0 aliphatic carbocycles. The highest BCUT2D eigenvalue weighted by Crippen LogP contribution is 2.46. The molecule has 47 heavy (non-hydrogen) atoms. The van der Waals surface area contributed by atoms with Crippen molar-refractivity contribution >= 4 is 0 Å². The number of aliphatic hydroxyl groups excluding tert-OH is 1. The molecule has 5 rings (SSSR count). The largest absolute Gasteiger partial charge is 0.489 e. The molecule has 0 radical (unpaired) electrons. The third kappa shape index (κ3) is 7.40. The van der Waals surface area contributed by atoms with Gasteiger partial charge in [-0.1, -0.05) is 36.1 Å². The number of hydrogen-bond acceptors (Lipinski definition) is 7. The molecule has 3 aromatic carbocycles. The van der Waals surface area contributed by atoms with Crippen molar-refractivity contribution in [2.75, 3.05) is 0 Å². The molecule has 0 bridgehead atoms. The highest BCUT2D eigenvalue weighted by molar-refractivity contribution is 5.44. The lowest BCUT2D eigenvalue weighted by molar-refractivity contribution is -0.207. The number of benzene rings is 3. The van der Waals surface area contributed by atoms with Crippen molar-refractivity contribution in [3.8, 4) is 17.6 Å². The van der Waals surface area contributed by atoms with Crippen molar-refractivity contribution in [3.63, 3.8) is 0 Å². The highest BCUT2D eigenvalue weighted by Gasteiger charge is 2.58. The third-order valence-corrected chi connectivity index (χ3v) is 6.98. The Kier molecular flexibility index (Phi) is 9.27. The van der Waals surface area contributed by atoms with E-state index in [1.807, 2.05) is 0 Å². The van der Waals surface area contributed by atoms with Crippen LogP contribution in [0, 0.1) is 23.5 Å². The first kappa shape index (κ1) is 33.0. The van der Waals surface area contributed by atoms with Crippen molar-refractivity contribution < 1.29 is 45.7 Å². The molecule has 2 N–H and O–H groups in total. The average molecular weight is 658 g/mol. The van der Waals surface area contributed by atoms with E-state index in [0.29, 0.717) is 29.0 Å². The fraction of sp³-hybridized carbons (Fsp3) is 0.188. The molecule has 0 saturated carbocycles. The van der Waals surface area contributed by atoms with Crippen LogP contribution >= 0.6 is 0 Å². The molecule has 0 aliphatic rings. The van der Waals surface area contributed by atoms with Crippen LogP contribution in [0.25, 0.3) is 0 Å². The molecule has 0 fully saturated rings. The van der Waals surface area contributed by atoms with E-state index in [1.54, 1.807) is 24.3 Å². The quantitative estimate of drug-likeness (QED) is 0.157. The summed E-state index contributed by atoms with van der Waals surface area (Å²) in [5.41, 5.74) is -4.04. The minimum atomic E-state index is -4.77. The predicted octanol–water partition coefficient (Wildman–Crippen LogP) is 5.60. The number of rotatable bonds is 9. The van der Waals surface area contributed by atoms with E-state index in [1.165, 1.54) is 30.3 Å². The van der Waals surface area contributed by atoms with Crippen molar-refractivity contribution in [1.29, 1.82) is 0 Å². The van der Waals surface area contributed by atoms with Crippen LogP contribution in [-0.2, 0) is 24.7 Å². The van der Waals surface area contributed by atoms with Gasteiger partial charge in [0, 0.05) is 29.0 Å². The van der Waals surface area contributed by atoms with Gasteiger partial charge in [0.1, 0.15) is 36.0 Å². The number of hydrogen-bond donors (Lipinski definition) is 2. The van der Waals surface area contributed by atoms with Gasteiger partial charge in [0.15, 0.2) is 11.7 Å². The van der Waals surface area contributed by atoms with E-state index in [-0.39, 0.29) is 17.7 Å². The number of nitrogens with zero attached hydrogens (tertiary/aromatic N) is 5. The van der Waals surface area contributed by atoms with E-state index in [0.717, 1.165) is 29.3 Å². The van der Waals surface area contributed by atoms with Crippen LogP contribution < -0.4 is 4.74 Å². The lowest BCUT2D eigenvalue weighted by Gasteiger charge is -2.35. The molecule has 8 nitrogen and oxygen atoms in total. The molecule has 2 unspecified atom stereocenters. The number of tetrazole rings is 1. The van der Waals surface area contributed by atoms with Gasteiger partial charge in [0.05, 0.1) is 6.54 Å². The summed E-state index contributed by atoms with van der Waals surface area (Å²) in [6.45, 7) is -0.939. The molecule has 15 heteroatoms. The molecule has 2 heterocycles. The van der Waals surface area contributed by atoms with Crippen LogP contribution in [-0.4, -0.2) is 41.6 Å². The lowest BCUT2D eigenvalue weighted by atomic mass is 9.84. The minimum absolute atomic E-state index is 0.0503. The van der Waals surface area contributed by atoms with Gasteiger partial charge in [-0.15, -0.1) is 5.10 Å². The summed E-state index contributed by atoms with van der Waals surface area (Å²) in [6.07, 6.45) is -5.35. The summed E-state index contributed by atoms with van der Waals surface area (Å²) >= 11 is 0. The maximum Gasteiger partial charge on any atom is 0.418 e. The molecule has 2 atom stereocenters. The Bertz CT molecular complexity index is 1870. The molecular formula is C32H22F7N5O3. The first-order valence-electron chi connectivity index (χ1n) is 13.6. The summed E-state index contributed by atoms with van der Waals surface area (Å²) in [5.74, 6) is -0.598. The Hall–Kier alpha value is -5.33. The summed E-state index contributed by atoms with van der Waals surface area (Å²) < 4.78 is 104. The van der Waals surface area contributed by atoms with Gasteiger partial charge in [-0.3, -0.25) is 4.98 Å². The number of halogens is 7. The van der Waals surface area contributed by atoms with Gasteiger partial charge >= 0.3 is 12.1 Å². The van der Waals surface area contributed by atoms with E-state index >= 15 is 8.78 Å². The number of ether oxygens (including phenoxy) is 1. The van der Waals surface area contributed by atoms with Crippen LogP contribution in [0.1, 0.15) is 39.6 Å². The maximum atomic E-state index is 15.9. The van der Waals surface area contributed by atoms with Crippen molar-refractivity contribution in [2.45, 2.75) is 37.0 Å².